The number of nitrogens with zero attached hydrogens (tertiary/aromatic N) is 1. The second-order valence-electron chi connectivity index (χ2n) is 3.75. The lowest BCUT2D eigenvalue weighted by Gasteiger charge is -2.12. The molecule has 1 unspecified atom stereocenters. The van der Waals surface area contributed by atoms with Crippen LogP contribution in [0.1, 0.15) is 25.5 Å². The van der Waals surface area contributed by atoms with Gasteiger partial charge in [-0.25, -0.2) is 4.98 Å². The normalized spacial score (nSPS) is 12.6. The van der Waals surface area contributed by atoms with Gasteiger partial charge >= 0.3 is 0 Å². The summed E-state index contributed by atoms with van der Waals surface area (Å²) in [6.45, 7) is 5.26. The van der Waals surface area contributed by atoms with Gasteiger partial charge in [0.1, 0.15) is 6.26 Å². The summed E-state index contributed by atoms with van der Waals surface area (Å²) < 4.78 is 5.19. The van der Waals surface area contributed by atoms with Gasteiger partial charge in [-0.15, -0.1) is 0 Å². The Balaban J connectivity index is 2.02. The van der Waals surface area contributed by atoms with Gasteiger partial charge in [0.15, 0.2) is 0 Å². The monoisotopic (exact) mass is 248 g/mol. The standard InChI is InChI=1S/C13H16N2OS/c1-3-14-10(2)11-4-6-12(7-5-11)17-13-15-8-9-16-13/h4-10,14H,3H2,1-2H3. The molecule has 0 saturated carbocycles. The van der Waals surface area contributed by atoms with Crippen molar-refractivity contribution in [3.05, 3.63) is 42.3 Å². The van der Waals surface area contributed by atoms with Crippen molar-refractivity contribution in [1.82, 2.24) is 10.3 Å². The van der Waals surface area contributed by atoms with Crippen LogP contribution in [-0.4, -0.2) is 11.5 Å². The summed E-state index contributed by atoms with van der Waals surface area (Å²) in [6, 6.07) is 8.86. The van der Waals surface area contributed by atoms with E-state index in [-0.39, 0.29) is 0 Å². The van der Waals surface area contributed by atoms with E-state index in [1.807, 2.05) is 0 Å². The molecule has 0 aliphatic carbocycles. The molecule has 0 amide bonds. The van der Waals surface area contributed by atoms with E-state index in [1.54, 1.807) is 12.5 Å². The Morgan fingerprint density at radius 2 is 2.12 bits per heavy atom. The fourth-order valence-corrected chi connectivity index (χ4v) is 2.30. The largest absolute Gasteiger partial charge is 0.440 e. The molecule has 2 rings (SSSR count). The second-order valence-corrected chi connectivity index (χ2v) is 4.77. The van der Waals surface area contributed by atoms with Crippen LogP contribution in [0.3, 0.4) is 0 Å². The van der Waals surface area contributed by atoms with Gasteiger partial charge < -0.3 is 9.73 Å². The van der Waals surface area contributed by atoms with Crippen molar-refractivity contribution in [3.63, 3.8) is 0 Å². The maximum absolute atomic E-state index is 5.19. The van der Waals surface area contributed by atoms with E-state index in [0.29, 0.717) is 11.3 Å². The molecule has 90 valence electrons. The topological polar surface area (TPSA) is 38.1 Å². The first-order chi connectivity index (χ1) is 8.29. The molecule has 1 aromatic carbocycles. The Labute approximate surface area is 106 Å². The highest BCUT2D eigenvalue weighted by Gasteiger charge is 2.05. The molecule has 3 nitrogen and oxygen atoms in total. The van der Waals surface area contributed by atoms with E-state index in [1.165, 1.54) is 17.3 Å². The summed E-state index contributed by atoms with van der Waals surface area (Å²) >= 11 is 1.53. The Kier molecular flexibility index (Phi) is 4.23. The number of rotatable bonds is 5. The third kappa shape index (κ3) is 3.35. The molecule has 1 heterocycles. The van der Waals surface area contributed by atoms with Crippen LogP contribution in [-0.2, 0) is 0 Å². The van der Waals surface area contributed by atoms with Crippen LogP contribution in [0.15, 0.2) is 51.3 Å². The predicted molar refractivity (Wildman–Crippen MR) is 69.2 cm³/mol. The molecule has 2 aromatic rings. The SMILES string of the molecule is CCNC(C)c1ccc(Sc2ncco2)cc1. The van der Waals surface area contributed by atoms with Gasteiger partial charge in [0, 0.05) is 10.9 Å². The number of oxazole rings is 1. The molecule has 1 N–H and O–H groups in total. The lowest BCUT2D eigenvalue weighted by molar-refractivity contribution is 0.454. The minimum Gasteiger partial charge on any atom is -0.440 e. The van der Waals surface area contributed by atoms with E-state index >= 15 is 0 Å². The lowest BCUT2D eigenvalue weighted by atomic mass is 10.1. The van der Waals surface area contributed by atoms with Crippen molar-refractivity contribution in [2.75, 3.05) is 6.54 Å². The molecule has 0 spiro atoms. The van der Waals surface area contributed by atoms with Crippen LogP contribution in [0.2, 0.25) is 0 Å². The van der Waals surface area contributed by atoms with Crippen molar-refractivity contribution >= 4 is 11.8 Å². The van der Waals surface area contributed by atoms with Crippen LogP contribution in [0.5, 0.6) is 0 Å². The number of hydrogen-bond acceptors (Lipinski definition) is 4. The van der Waals surface area contributed by atoms with Crippen LogP contribution >= 0.6 is 11.8 Å². The molecule has 0 aliphatic rings. The second kappa shape index (κ2) is 5.89. The first-order valence-corrected chi connectivity index (χ1v) is 6.52. The zero-order chi connectivity index (χ0) is 12.1. The van der Waals surface area contributed by atoms with Gasteiger partial charge in [-0.2, -0.15) is 0 Å². The Morgan fingerprint density at radius 1 is 1.35 bits per heavy atom. The van der Waals surface area contributed by atoms with E-state index in [0.717, 1.165) is 11.4 Å². The smallest absolute Gasteiger partial charge is 0.260 e. The summed E-state index contributed by atoms with van der Waals surface area (Å²) in [7, 11) is 0. The van der Waals surface area contributed by atoms with Crippen LogP contribution in [0, 0.1) is 0 Å². The molecule has 0 bridgehead atoms. The summed E-state index contributed by atoms with van der Waals surface area (Å²) in [5, 5.41) is 4.07. The highest BCUT2D eigenvalue weighted by molar-refractivity contribution is 7.99. The van der Waals surface area contributed by atoms with Crippen molar-refractivity contribution < 1.29 is 4.42 Å². The lowest BCUT2D eigenvalue weighted by Crippen LogP contribution is -2.17. The first kappa shape index (κ1) is 12.2. The fraction of sp³-hybridized carbons (Fsp3) is 0.308. The van der Waals surface area contributed by atoms with Gasteiger partial charge in [-0.05, 0) is 42.9 Å². The Bertz CT molecular complexity index is 439. The Morgan fingerprint density at radius 3 is 2.71 bits per heavy atom. The molecule has 0 saturated heterocycles. The minimum atomic E-state index is 0.390. The number of aromatic nitrogens is 1. The van der Waals surface area contributed by atoms with Crippen molar-refractivity contribution in [3.8, 4) is 0 Å². The molecule has 4 heteroatoms. The maximum Gasteiger partial charge on any atom is 0.260 e. The molecule has 0 fully saturated rings. The van der Waals surface area contributed by atoms with Gasteiger partial charge in [0.05, 0.1) is 6.20 Å². The van der Waals surface area contributed by atoms with Gasteiger partial charge in [0.25, 0.3) is 5.22 Å². The molecule has 0 aliphatic heterocycles. The van der Waals surface area contributed by atoms with Gasteiger partial charge in [-0.3, -0.25) is 0 Å². The predicted octanol–water partition coefficient (Wildman–Crippen LogP) is 3.50. The average Bonchev–Trinajstić information content (AvgIpc) is 2.83. The van der Waals surface area contributed by atoms with E-state index in [4.69, 9.17) is 4.42 Å². The van der Waals surface area contributed by atoms with Crippen molar-refractivity contribution in [2.45, 2.75) is 30.0 Å². The quantitative estimate of drug-likeness (QED) is 0.879. The molecule has 17 heavy (non-hydrogen) atoms. The van der Waals surface area contributed by atoms with E-state index in [9.17, 15) is 0 Å². The summed E-state index contributed by atoms with van der Waals surface area (Å²) in [4.78, 5) is 5.22. The zero-order valence-corrected chi connectivity index (χ0v) is 10.8. The third-order valence-corrected chi connectivity index (χ3v) is 3.39. The fourth-order valence-electron chi connectivity index (χ4n) is 1.61. The molecule has 0 radical (unpaired) electrons. The number of hydrogen-bond donors (Lipinski definition) is 1. The molecular formula is C13H16N2OS. The van der Waals surface area contributed by atoms with Crippen molar-refractivity contribution in [1.29, 1.82) is 0 Å². The van der Waals surface area contributed by atoms with Crippen LogP contribution < -0.4 is 5.32 Å². The molecule has 1 aromatic heterocycles. The average molecular weight is 248 g/mol. The zero-order valence-electron chi connectivity index (χ0n) is 10.0. The van der Waals surface area contributed by atoms with Crippen LogP contribution in [0.25, 0.3) is 0 Å². The first-order valence-electron chi connectivity index (χ1n) is 5.70. The minimum absolute atomic E-state index is 0.390. The maximum atomic E-state index is 5.19. The van der Waals surface area contributed by atoms with Gasteiger partial charge in [0.2, 0.25) is 0 Å². The van der Waals surface area contributed by atoms with Crippen LogP contribution in [0.4, 0.5) is 0 Å². The van der Waals surface area contributed by atoms with E-state index in [2.05, 4.69) is 48.4 Å². The summed E-state index contributed by atoms with van der Waals surface area (Å²) in [5.41, 5.74) is 1.30. The highest BCUT2D eigenvalue weighted by Crippen LogP contribution is 2.27. The van der Waals surface area contributed by atoms with Crippen molar-refractivity contribution in [2.24, 2.45) is 0 Å². The Hall–Kier alpha value is -1.26. The summed E-state index contributed by atoms with van der Waals surface area (Å²) in [5.74, 6) is 0. The molecular weight excluding hydrogens is 232 g/mol. The molecule has 1 atom stereocenters. The van der Waals surface area contributed by atoms with E-state index < -0.39 is 0 Å². The number of nitrogens with one attached hydrogen (secondary N) is 1. The highest BCUT2D eigenvalue weighted by atomic mass is 32.2. The number of benzene rings is 1. The third-order valence-electron chi connectivity index (χ3n) is 2.51. The summed E-state index contributed by atoms with van der Waals surface area (Å²) in [6.07, 6.45) is 3.24. The van der Waals surface area contributed by atoms with Gasteiger partial charge in [-0.1, -0.05) is 19.1 Å².